The summed E-state index contributed by atoms with van der Waals surface area (Å²) in [6, 6.07) is 13.4. The summed E-state index contributed by atoms with van der Waals surface area (Å²) in [4.78, 5) is 22.1. The molecule has 3 aliphatic rings. The van der Waals surface area contributed by atoms with Crippen LogP contribution in [0.25, 0.3) is 0 Å². The molecule has 7 rings (SSSR count). The van der Waals surface area contributed by atoms with E-state index in [1.54, 1.807) is 6.92 Å². The van der Waals surface area contributed by atoms with Crippen LogP contribution in [0.5, 0.6) is 57.5 Å². The lowest BCUT2D eigenvalue weighted by molar-refractivity contribution is -0.142. The number of benzene rings is 4. The van der Waals surface area contributed by atoms with Crippen molar-refractivity contribution in [3.63, 3.8) is 0 Å². The van der Waals surface area contributed by atoms with Gasteiger partial charge in [0.2, 0.25) is 0 Å². The predicted molar refractivity (Wildman–Crippen MR) is 216 cm³/mol. The normalized spacial score (nSPS) is 19.7. The molecule has 62 heavy (non-hydrogen) atoms. The van der Waals surface area contributed by atoms with Gasteiger partial charge in [0.15, 0.2) is 23.0 Å². The molecule has 1 saturated heterocycles. The number of ether oxygens (including phenoxy) is 6. The van der Waals surface area contributed by atoms with E-state index in [0.29, 0.717) is 41.0 Å². The van der Waals surface area contributed by atoms with Gasteiger partial charge in [-0.1, -0.05) is 25.3 Å². The first-order valence-electron chi connectivity index (χ1n) is 19.0. The van der Waals surface area contributed by atoms with Crippen LogP contribution in [-0.2, 0) is 36.6 Å². The Morgan fingerprint density at radius 2 is 1.15 bits per heavy atom. The highest BCUT2D eigenvalue weighted by Gasteiger charge is 2.34. The van der Waals surface area contributed by atoms with Crippen molar-refractivity contribution < 1.29 is 89.1 Å². The highest BCUT2D eigenvalue weighted by molar-refractivity contribution is 5.87. The first-order chi connectivity index (χ1) is 29.3. The van der Waals surface area contributed by atoms with Crippen molar-refractivity contribution in [2.75, 3.05) is 26.4 Å². The molecule has 0 radical (unpaired) electrons. The molecule has 6 atom stereocenters. The van der Waals surface area contributed by atoms with Gasteiger partial charge in [-0.3, -0.25) is 0 Å². The van der Waals surface area contributed by atoms with Crippen LogP contribution in [0.15, 0.2) is 85.0 Å². The highest BCUT2D eigenvalue weighted by atomic mass is 16.6. The van der Waals surface area contributed by atoms with E-state index in [4.69, 9.17) is 28.4 Å². The van der Waals surface area contributed by atoms with Crippen molar-refractivity contribution in [1.29, 1.82) is 0 Å². The maximum absolute atomic E-state index is 11.4. The SMILES string of the molecule is C=C(C)C(=O)OCC(O)COc1cc(O)cc2c1CC(O)C(c1ccc(O)c(O)c1)O2.C=C(C)C(=O)OCC1CO1.Oc1cc(O)c2c(c1)OC(c1ccc(O)c(O)c1)C(O)C2. The number of carbonyl (C=O) groups is 2. The molecular formula is C44H48O18. The summed E-state index contributed by atoms with van der Waals surface area (Å²) in [6.07, 6.45) is -4.29. The molecule has 0 aromatic heterocycles. The first kappa shape index (κ1) is 46.2. The van der Waals surface area contributed by atoms with Gasteiger partial charge in [-0.15, -0.1) is 0 Å². The molecule has 10 N–H and O–H groups in total. The van der Waals surface area contributed by atoms with Crippen molar-refractivity contribution in [2.24, 2.45) is 0 Å². The van der Waals surface area contributed by atoms with E-state index >= 15 is 0 Å². The standard InChI is InChI=1S/C22H24O9.C15H14O6.C7H10O3/c1-11(2)22(28)30-10-14(24)9-29-19-6-13(23)7-20-15(19)8-18(27)21(31-20)12-3-4-16(25)17(26)5-12;16-8-4-11(18)9-6-13(20)15(21-14(9)5-8)7-1-2-10(17)12(19)3-7;1-5(2)7(8)10-4-6-3-9-6/h3-7,14,18,21,23-27H,1,8-10H2,2H3;1-5,13,15-20H,6H2;6H,1,3-4H2,2H3. The van der Waals surface area contributed by atoms with Gasteiger partial charge in [0.1, 0.15) is 78.7 Å². The lowest BCUT2D eigenvalue weighted by Gasteiger charge is -2.32. The number of rotatable bonds is 11. The number of epoxide rings is 1. The minimum atomic E-state index is -1.12. The molecule has 0 amide bonds. The van der Waals surface area contributed by atoms with Gasteiger partial charge in [0.25, 0.3) is 0 Å². The fraction of sp³-hybridized carbons (Fsp3) is 0.318. The molecule has 6 unspecified atom stereocenters. The Hall–Kier alpha value is -6.86. The van der Waals surface area contributed by atoms with Gasteiger partial charge >= 0.3 is 11.9 Å². The second-order valence-corrected chi connectivity index (χ2v) is 14.7. The van der Waals surface area contributed by atoms with Gasteiger partial charge < -0.3 is 79.5 Å². The lowest BCUT2D eigenvalue weighted by Crippen LogP contribution is -2.31. The maximum atomic E-state index is 11.4. The maximum Gasteiger partial charge on any atom is 0.333 e. The van der Waals surface area contributed by atoms with Crippen LogP contribution in [0.1, 0.15) is 48.3 Å². The van der Waals surface area contributed by atoms with E-state index in [2.05, 4.69) is 13.2 Å². The summed E-state index contributed by atoms with van der Waals surface area (Å²) in [7, 11) is 0. The van der Waals surface area contributed by atoms with Crippen LogP contribution in [-0.4, -0.2) is 114 Å². The summed E-state index contributed by atoms with van der Waals surface area (Å²) < 4.78 is 31.5. The Labute approximate surface area is 354 Å². The Morgan fingerprint density at radius 1 is 0.661 bits per heavy atom. The molecule has 18 heteroatoms. The number of aliphatic hydroxyl groups is 3. The second-order valence-electron chi connectivity index (χ2n) is 14.7. The number of hydrogen-bond donors (Lipinski definition) is 10. The van der Waals surface area contributed by atoms with E-state index in [-0.39, 0.29) is 101 Å². The van der Waals surface area contributed by atoms with E-state index < -0.39 is 36.5 Å². The van der Waals surface area contributed by atoms with Crippen LogP contribution in [0.4, 0.5) is 0 Å². The second kappa shape index (κ2) is 20.1. The average Bonchev–Trinajstić information content (AvgIpc) is 4.05. The minimum Gasteiger partial charge on any atom is -0.508 e. The molecule has 4 aromatic rings. The first-order valence-corrected chi connectivity index (χ1v) is 19.0. The van der Waals surface area contributed by atoms with Crippen molar-refractivity contribution in [1.82, 2.24) is 0 Å². The van der Waals surface area contributed by atoms with Crippen LogP contribution in [0, 0.1) is 0 Å². The van der Waals surface area contributed by atoms with Crippen LogP contribution in [0.2, 0.25) is 0 Å². The van der Waals surface area contributed by atoms with Gasteiger partial charge in [-0.05, 0) is 49.2 Å². The average molecular weight is 865 g/mol. The minimum absolute atomic E-state index is 0.109. The Kier molecular flexibility index (Phi) is 15.0. The van der Waals surface area contributed by atoms with Crippen LogP contribution < -0.4 is 14.2 Å². The third-order valence-corrected chi connectivity index (χ3v) is 9.35. The van der Waals surface area contributed by atoms with Gasteiger partial charge in [-0.2, -0.15) is 0 Å². The Morgan fingerprint density at radius 3 is 1.65 bits per heavy atom. The lowest BCUT2D eigenvalue weighted by atomic mass is 9.94. The summed E-state index contributed by atoms with van der Waals surface area (Å²) in [5, 5.41) is 98.1. The fourth-order valence-electron chi connectivity index (χ4n) is 6.03. The number of aromatic hydroxyl groups is 7. The summed E-state index contributed by atoms with van der Waals surface area (Å²) in [5.41, 5.74) is 2.45. The zero-order chi connectivity index (χ0) is 45.4. The topological polar surface area (TPSA) is 295 Å². The molecule has 0 saturated carbocycles. The molecule has 4 aromatic carbocycles. The summed E-state index contributed by atoms with van der Waals surface area (Å²) >= 11 is 0. The largest absolute Gasteiger partial charge is 0.508 e. The van der Waals surface area contributed by atoms with E-state index in [0.717, 1.165) is 0 Å². The third-order valence-electron chi connectivity index (χ3n) is 9.35. The fourth-order valence-corrected chi connectivity index (χ4v) is 6.03. The Bertz CT molecular complexity index is 2280. The monoisotopic (exact) mass is 864 g/mol. The number of phenolic OH excluding ortho intramolecular Hbond substituents is 7. The van der Waals surface area contributed by atoms with Crippen LogP contribution >= 0.6 is 0 Å². The third kappa shape index (κ3) is 12.1. The highest BCUT2D eigenvalue weighted by Crippen LogP contribution is 2.44. The van der Waals surface area contributed by atoms with E-state index in [9.17, 15) is 60.7 Å². The summed E-state index contributed by atoms with van der Waals surface area (Å²) in [6.45, 7) is 10.6. The van der Waals surface area contributed by atoms with Gasteiger partial charge in [-0.25, -0.2) is 9.59 Å². The van der Waals surface area contributed by atoms with Crippen molar-refractivity contribution in [2.45, 2.75) is 63.3 Å². The number of fused-ring (bicyclic) bond motifs is 2. The smallest absolute Gasteiger partial charge is 0.333 e. The quantitative estimate of drug-likeness (QED) is 0.0444. The van der Waals surface area contributed by atoms with E-state index in [1.165, 1.54) is 67.6 Å². The number of phenols is 7. The molecule has 3 aliphatic heterocycles. The molecule has 0 spiro atoms. The van der Waals surface area contributed by atoms with Gasteiger partial charge in [0, 0.05) is 59.4 Å². The van der Waals surface area contributed by atoms with Crippen molar-refractivity contribution in [3.8, 4) is 57.5 Å². The molecule has 0 aliphatic carbocycles. The number of aliphatic hydroxyl groups excluding tert-OH is 3. The molecule has 18 nitrogen and oxygen atoms in total. The predicted octanol–water partition coefficient (Wildman–Crippen LogP) is 3.75. The number of carbonyl (C=O) groups excluding carboxylic acids is 2. The molecule has 1 fully saturated rings. The zero-order valence-corrected chi connectivity index (χ0v) is 33.6. The van der Waals surface area contributed by atoms with Crippen molar-refractivity contribution >= 4 is 11.9 Å². The molecule has 3 heterocycles. The Balaban J connectivity index is 0.000000200. The summed E-state index contributed by atoms with van der Waals surface area (Å²) in [5.74, 6) is -1.88. The molecule has 332 valence electrons. The molecular weight excluding hydrogens is 816 g/mol. The van der Waals surface area contributed by atoms with Gasteiger partial charge in [0.05, 0.1) is 18.8 Å². The zero-order valence-electron chi connectivity index (χ0n) is 33.6. The molecule has 0 bridgehead atoms. The number of hydrogen-bond acceptors (Lipinski definition) is 18. The van der Waals surface area contributed by atoms with Crippen LogP contribution in [0.3, 0.4) is 0 Å². The number of esters is 2. The van der Waals surface area contributed by atoms with Crippen molar-refractivity contribution in [3.05, 3.63) is 107 Å². The van der Waals surface area contributed by atoms with E-state index in [1.807, 2.05) is 0 Å².